The molecule has 0 saturated carbocycles. The van der Waals surface area contributed by atoms with Gasteiger partial charge in [-0.2, -0.15) is 4.52 Å². The van der Waals surface area contributed by atoms with E-state index in [1.54, 1.807) is 12.1 Å². The molecule has 0 fully saturated rings. The van der Waals surface area contributed by atoms with E-state index in [-0.39, 0.29) is 5.56 Å². The fourth-order valence-corrected chi connectivity index (χ4v) is 3.30. The first-order chi connectivity index (χ1) is 13.6. The molecule has 7 heteroatoms. The minimum atomic E-state index is -0.189. The number of ether oxygens (including phenoxy) is 1. The summed E-state index contributed by atoms with van der Waals surface area (Å²) in [4.78, 5) is 17.4. The van der Waals surface area contributed by atoms with Gasteiger partial charge >= 0.3 is 0 Å². The van der Waals surface area contributed by atoms with Gasteiger partial charge in [0.1, 0.15) is 16.6 Å². The fourth-order valence-electron chi connectivity index (χ4n) is 2.95. The molecular weight excluding hydrogens is 372 g/mol. The smallest absolute Gasteiger partial charge is 0.283 e. The first kappa shape index (κ1) is 21.8. The average Bonchev–Trinajstić information content (AvgIpc) is 2.73. The van der Waals surface area contributed by atoms with E-state index in [1.165, 1.54) is 10.8 Å². The van der Waals surface area contributed by atoms with E-state index in [2.05, 4.69) is 40.7 Å². The molecule has 0 unspecified atom stereocenters. The van der Waals surface area contributed by atoms with E-state index >= 15 is 0 Å². The van der Waals surface area contributed by atoms with Crippen molar-refractivity contribution in [2.24, 2.45) is 0 Å². The van der Waals surface area contributed by atoms with Crippen LogP contribution in [0.3, 0.4) is 0 Å². The van der Waals surface area contributed by atoms with E-state index in [0.717, 1.165) is 31.3 Å². The Balaban J connectivity index is 0.00000136. The maximum absolute atomic E-state index is 13.0. The Hall–Kier alpha value is -2.54. The monoisotopic (exact) mass is 400 g/mol. The summed E-state index contributed by atoms with van der Waals surface area (Å²) in [6.45, 7) is 9.86. The van der Waals surface area contributed by atoms with Crippen LogP contribution in [0, 0.1) is 0 Å². The molecule has 0 spiro atoms. The lowest BCUT2D eigenvalue weighted by Gasteiger charge is -2.14. The average molecular weight is 401 g/mol. The van der Waals surface area contributed by atoms with Crippen LogP contribution in [0.2, 0.25) is 0 Å². The SMILES string of the molecule is C=CO/C(=C\C)CNc1ccc2nc(S)c(C3=CCCCC3)c(=O)n2n1.CC. The molecule has 1 aliphatic carbocycles. The van der Waals surface area contributed by atoms with Crippen LogP contribution in [0.4, 0.5) is 5.82 Å². The number of allylic oxidation sites excluding steroid dienone is 3. The van der Waals surface area contributed by atoms with Crippen molar-refractivity contribution in [3.63, 3.8) is 0 Å². The van der Waals surface area contributed by atoms with Crippen molar-refractivity contribution in [2.45, 2.75) is 51.5 Å². The van der Waals surface area contributed by atoms with Crippen LogP contribution >= 0.6 is 12.6 Å². The van der Waals surface area contributed by atoms with Crippen LogP contribution < -0.4 is 10.9 Å². The van der Waals surface area contributed by atoms with Crippen LogP contribution in [0.15, 0.2) is 52.7 Å². The molecule has 1 N–H and O–H groups in total. The summed E-state index contributed by atoms with van der Waals surface area (Å²) in [6.07, 6.45) is 9.40. The first-order valence-electron chi connectivity index (χ1n) is 9.63. The molecule has 0 radical (unpaired) electrons. The molecular formula is C21H28N4O2S. The van der Waals surface area contributed by atoms with Crippen molar-refractivity contribution < 1.29 is 4.74 Å². The van der Waals surface area contributed by atoms with E-state index in [4.69, 9.17) is 4.74 Å². The molecule has 0 atom stereocenters. The molecule has 2 aromatic rings. The second-order valence-corrected chi connectivity index (χ2v) is 6.40. The Labute approximate surface area is 171 Å². The summed E-state index contributed by atoms with van der Waals surface area (Å²) in [7, 11) is 0. The van der Waals surface area contributed by atoms with Gasteiger partial charge in [0.2, 0.25) is 0 Å². The highest BCUT2D eigenvalue weighted by Gasteiger charge is 2.17. The van der Waals surface area contributed by atoms with Gasteiger partial charge in [-0.1, -0.05) is 26.5 Å². The molecule has 0 aliphatic heterocycles. The summed E-state index contributed by atoms with van der Waals surface area (Å²) >= 11 is 4.44. The van der Waals surface area contributed by atoms with Gasteiger partial charge in [0.05, 0.1) is 18.4 Å². The van der Waals surface area contributed by atoms with Crippen molar-refractivity contribution in [1.29, 1.82) is 0 Å². The summed E-state index contributed by atoms with van der Waals surface area (Å²) in [5, 5.41) is 8.00. The van der Waals surface area contributed by atoms with E-state index in [1.807, 2.05) is 26.8 Å². The van der Waals surface area contributed by atoms with Crippen molar-refractivity contribution in [2.75, 3.05) is 11.9 Å². The molecule has 6 nitrogen and oxygen atoms in total. The third-order valence-electron chi connectivity index (χ3n) is 4.28. The highest BCUT2D eigenvalue weighted by atomic mass is 32.1. The van der Waals surface area contributed by atoms with Crippen LogP contribution in [0.1, 0.15) is 52.0 Å². The molecule has 2 aromatic heterocycles. The van der Waals surface area contributed by atoms with Gasteiger partial charge < -0.3 is 10.1 Å². The quantitative estimate of drug-likeness (QED) is 0.413. The highest BCUT2D eigenvalue weighted by molar-refractivity contribution is 7.80. The minimum Gasteiger partial charge on any atom is -0.468 e. The molecule has 150 valence electrons. The maximum Gasteiger partial charge on any atom is 0.283 e. The normalized spacial score (nSPS) is 14.0. The molecule has 0 saturated heterocycles. The highest BCUT2D eigenvalue weighted by Crippen LogP contribution is 2.27. The van der Waals surface area contributed by atoms with E-state index in [0.29, 0.717) is 34.4 Å². The number of hydrogen-bond acceptors (Lipinski definition) is 6. The number of nitrogens with one attached hydrogen (secondary N) is 1. The van der Waals surface area contributed by atoms with Gasteiger partial charge in [-0.15, -0.1) is 17.7 Å². The van der Waals surface area contributed by atoms with Crippen LogP contribution in [-0.2, 0) is 4.74 Å². The van der Waals surface area contributed by atoms with Crippen molar-refractivity contribution in [3.8, 4) is 0 Å². The topological polar surface area (TPSA) is 68.5 Å². The van der Waals surface area contributed by atoms with E-state index < -0.39 is 0 Å². The Morgan fingerprint density at radius 3 is 2.82 bits per heavy atom. The van der Waals surface area contributed by atoms with Crippen molar-refractivity contribution >= 4 is 29.7 Å². The minimum absolute atomic E-state index is 0.189. The van der Waals surface area contributed by atoms with E-state index in [9.17, 15) is 4.79 Å². The molecule has 0 amide bonds. The van der Waals surface area contributed by atoms with Gasteiger partial charge in [-0.3, -0.25) is 4.79 Å². The Morgan fingerprint density at radius 1 is 1.39 bits per heavy atom. The predicted octanol–water partition coefficient (Wildman–Crippen LogP) is 4.84. The summed E-state index contributed by atoms with van der Waals surface area (Å²) < 4.78 is 6.60. The van der Waals surface area contributed by atoms with Crippen LogP contribution in [-0.4, -0.2) is 21.1 Å². The molecule has 0 bridgehead atoms. The van der Waals surface area contributed by atoms with Gasteiger partial charge in [-0.05, 0) is 56.4 Å². The lowest BCUT2D eigenvalue weighted by atomic mass is 9.95. The molecule has 3 rings (SSSR count). The van der Waals surface area contributed by atoms with Gasteiger partial charge in [-0.25, -0.2) is 4.98 Å². The lowest BCUT2D eigenvalue weighted by molar-refractivity contribution is 0.349. The second kappa shape index (κ2) is 10.7. The first-order valence-corrected chi connectivity index (χ1v) is 10.1. The standard InChI is InChI=1S/C19H22N4O2S.C2H6/c1-3-14(25-4-2)12-20-15-10-11-16-21-18(26)17(19(24)23(16)22-15)13-8-6-5-7-9-13;1-2/h3-4,8,10-11,26H,2,5-7,9,12H2,1H3,(H,20,22);1-2H3/b14-3-;. The Morgan fingerprint density at radius 2 is 2.18 bits per heavy atom. The molecule has 1 aliphatic rings. The summed E-state index contributed by atoms with van der Waals surface area (Å²) in [5.74, 6) is 1.27. The third kappa shape index (κ3) is 5.04. The van der Waals surface area contributed by atoms with Crippen molar-refractivity contribution in [1.82, 2.24) is 14.6 Å². The lowest BCUT2D eigenvalue weighted by Crippen LogP contribution is -2.23. The fraction of sp³-hybridized carbons (Fsp3) is 0.381. The maximum atomic E-state index is 13.0. The van der Waals surface area contributed by atoms with Crippen LogP contribution in [0.25, 0.3) is 11.2 Å². The summed E-state index contributed by atoms with van der Waals surface area (Å²) in [5.41, 5.74) is 1.85. The number of aromatic nitrogens is 3. The molecule has 2 heterocycles. The zero-order chi connectivity index (χ0) is 20.5. The Bertz CT molecular complexity index is 947. The predicted molar refractivity (Wildman–Crippen MR) is 118 cm³/mol. The number of thiol groups is 1. The molecule has 28 heavy (non-hydrogen) atoms. The zero-order valence-electron chi connectivity index (χ0n) is 16.7. The number of fused-ring (bicyclic) bond motifs is 1. The largest absolute Gasteiger partial charge is 0.468 e. The number of rotatable bonds is 6. The third-order valence-corrected chi connectivity index (χ3v) is 4.60. The number of nitrogens with zero attached hydrogens (tertiary/aromatic N) is 3. The number of anilines is 1. The van der Waals surface area contributed by atoms with Crippen molar-refractivity contribution in [3.05, 3.63) is 58.8 Å². The number of hydrogen-bond donors (Lipinski definition) is 2. The van der Waals surface area contributed by atoms with Gasteiger partial charge in [0, 0.05) is 0 Å². The summed E-state index contributed by atoms with van der Waals surface area (Å²) in [6, 6.07) is 3.52. The Kier molecular flexibility index (Phi) is 8.32. The second-order valence-electron chi connectivity index (χ2n) is 5.97. The zero-order valence-corrected chi connectivity index (χ0v) is 17.6. The van der Waals surface area contributed by atoms with Gasteiger partial charge in [0.25, 0.3) is 5.56 Å². The van der Waals surface area contributed by atoms with Gasteiger partial charge in [0.15, 0.2) is 5.65 Å². The van der Waals surface area contributed by atoms with Crippen LogP contribution in [0.5, 0.6) is 0 Å². The molecule has 0 aromatic carbocycles.